The first-order chi connectivity index (χ1) is 21.2. The molecule has 6 N–H and O–H groups in total. The molecule has 5 atom stereocenters. The number of ether oxygens (including phenoxy) is 2. The fourth-order valence-electron chi connectivity index (χ4n) is 4.62. The number of carbonyl (C=O) groups excluding carboxylic acids is 6. The van der Waals surface area contributed by atoms with Crippen LogP contribution in [-0.2, 0) is 43.0 Å². The number of hydrogen-bond acceptors (Lipinski definition) is 10. The lowest BCUT2D eigenvalue weighted by Gasteiger charge is -2.31. The zero-order valence-corrected chi connectivity index (χ0v) is 27.5. The van der Waals surface area contributed by atoms with Gasteiger partial charge in [-0.2, -0.15) is 0 Å². The summed E-state index contributed by atoms with van der Waals surface area (Å²) in [5.41, 5.74) is -0.827. The number of methoxy groups -OCH3 is 1. The molecule has 0 radical (unpaired) electrons. The maximum absolute atomic E-state index is 13.5. The molecule has 0 unspecified atom stereocenters. The normalized spacial score (nSPS) is 17.3. The number of carboxylic acid groups (broad SMARTS) is 2. The number of nitrogens with one attached hydrogen (secondary N) is 4. The average molecular weight is 658 g/mol. The summed E-state index contributed by atoms with van der Waals surface area (Å²) in [5, 5.41) is 28.1. The standard InChI is InChI=1S/C29H47N5O12/c1-14(2)21(33-28(44)46-29(5,6)7)26(42)34-11-9-10-18(34)25(41)31-16(12-19(35)36)23(39)30-17(13-20(37)38)24(40)32-22(15(3)4)27(43)45-8/h14-18,21-22H,9-13H2,1-8H3,(H,30,39)(H,31,41)(H,32,40)(H,33,44)(H,35,36)(H,37,38)/t16-,17+,18+,21+,22+/m1/s1. The Labute approximate surface area is 267 Å². The van der Waals surface area contributed by atoms with Crippen LogP contribution in [0.3, 0.4) is 0 Å². The number of likely N-dealkylation sites (tertiary alicyclic amines) is 1. The van der Waals surface area contributed by atoms with Gasteiger partial charge in [-0.3, -0.25) is 28.8 Å². The van der Waals surface area contributed by atoms with Gasteiger partial charge in [-0.05, 0) is 45.4 Å². The number of aliphatic carboxylic acids is 2. The molecule has 0 spiro atoms. The molecule has 0 aromatic rings. The molecule has 1 fully saturated rings. The summed E-state index contributed by atoms with van der Waals surface area (Å²) < 4.78 is 9.91. The van der Waals surface area contributed by atoms with Crippen molar-refractivity contribution in [3.8, 4) is 0 Å². The highest BCUT2D eigenvalue weighted by molar-refractivity contribution is 5.98. The molecule has 1 aliphatic rings. The molecule has 46 heavy (non-hydrogen) atoms. The molecule has 17 nitrogen and oxygen atoms in total. The molecule has 5 amide bonds. The molecule has 0 aliphatic carbocycles. The first-order valence-corrected chi connectivity index (χ1v) is 14.9. The minimum atomic E-state index is -1.77. The van der Waals surface area contributed by atoms with E-state index in [1.807, 2.05) is 0 Å². The largest absolute Gasteiger partial charge is 0.481 e. The highest BCUT2D eigenvalue weighted by Gasteiger charge is 2.41. The quantitative estimate of drug-likeness (QED) is 0.125. The molecule has 17 heteroatoms. The number of hydrogen-bond donors (Lipinski definition) is 6. The van der Waals surface area contributed by atoms with Crippen LogP contribution in [-0.4, -0.2) is 112 Å². The first-order valence-electron chi connectivity index (χ1n) is 14.9. The van der Waals surface area contributed by atoms with Crippen molar-refractivity contribution in [3.63, 3.8) is 0 Å². The third kappa shape index (κ3) is 12.5. The zero-order chi connectivity index (χ0) is 35.5. The molecule has 0 saturated carbocycles. The Balaban J connectivity index is 3.17. The summed E-state index contributed by atoms with van der Waals surface area (Å²) in [4.78, 5) is 102. The Morgan fingerprint density at radius 3 is 1.74 bits per heavy atom. The van der Waals surface area contributed by atoms with E-state index in [-0.39, 0.29) is 13.0 Å². The number of rotatable bonds is 15. The molecule has 260 valence electrons. The fraction of sp³-hybridized carbons (Fsp3) is 0.724. The van der Waals surface area contributed by atoms with E-state index in [0.717, 1.165) is 7.11 Å². The van der Waals surface area contributed by atoms with Gasteiger partial charge in [-0.25, -0.2) is 9.59 Å². The van der Waals surface area contributed by atoms with Gasteiger partial charge < -0.3 is 45.9 Å². The molecule has 1 heterocycles. The summed E-state index contributed by atoms with van der Waals surface area (Å²) in [6, 6.07) is -6.88. The minimum Gasteiger partial charge on any atom is -0.481 e. The SMILES string of the molecule is COC(=O)[C@@H](NC(=O)[C@H](CC(=O)O)NC(=O)[C@@H](CC(=O)O)NC(=O)[C@@H]1CCCN1C(=O)[C@@H](NC(=O)OC(C)(C)C)C(C)C)C(C)C. The van der Waals surface area contributed by atoms with Crippen LogP contribution in [0.5, 0.6) is 0 Å². The first kappa shape index (κ1) is 39.6. The summed E-state index contributed by atoms with van der Waals surface area (Å²) in [7, 11) is 1.10. The van der Waals surface area contributed by atoms with E-state index < -0.39 is 108 Å². The van der Waals surface area contributed by atoms with Crippen LogP contribution in [0.1, 0.15) is 74.1 Å². The number of esters is 1. The van der Waals surface area contributed by atoms with Gasteiger partial charge in [0, 0.05) is 6.54 Å². The maximum atomic E-state index is 13.5. The van der Waals surface area contributed by atoms with Gasteiger partial charge in [0.2, 0.25) is 23.6 Å². The third-order valence-electron chi connectivity index (χ3n) is 6.89. The predicted molar refractivity (Wildman–Crippen MR) is 160 cm³/mol. The highest BCUT2D eigenvalue weighted by atomic mass is 16.6. The van der Waals surface area contributed by atoms with Gasteiger partial charge in [0.25, 0.3) is 0 Å². The second-order valence-electron chi connectivity index (χ2n) is 12.6. The van der Waals surface area contributed by atoms with Crippen molar-refractivity contribution in [2.45, 2.75) is 110 Å². The second-order valence-corrected chi connectivity index (χ2v) is 12.6. The van der Waals surface area contributed by atoms with Gasteiger partial charge in [0.05, 0.1) is 20.0 Å². The lowest BCUT2D eigenvalue weighted by atomic mass is 10.0. The van der Waals surface area contributed by atoms with E-state index in [9.17, 15) is 48.6 Å². The van der Waals surface area contributed by atoms with E-state index in [1.165, 1.54) is 4.90 Å². The van der Waals surface area contributed by atoms with Gasteiger partial charge in [0.15, 0.2) is 0 Å². The van der Waals surface area contributed by atoms with Crippen molar-refractivity contribution < 1.29 is 58.0 Å². The lowest BCUT2D eigenvalue weighted by molar-refractivity contribution is -0.147. The van der Waals surface area contributed by atoms with E-state index in [2.05, 4.69) is 26.0 Å². The Hall–Kier alpha value is -4.44. The van der Waals surface area contributed by atoms with E-state index in [0.29, 0.717) is 6.42 Å². The van der Waals surface area contributed by atoms with Crippen molar-refractivity contribution in [1.82, 2.24) is 26.2 Å². The third-order valence-corrected chi connectivity index (χ3v) is 6.89. The molecule has 0 bridgehead atoms. The van der Waals surface area contributed by atoms with Gasteiger partial charge >= 0.3 is 24.0 Å². The molecular weight excluding hydrogens is 610 g/mol. The van der Waals surface area contributed by atoms with Crippen LogP contribution in [0.4, 0.5) is 4.79 Å². The number of carbonyl (C=O) groups is 8. The van der Waals surface area contributed by atoms with Gasteiger partial charge in [-0.1, -0.05) is 27.7 Å². The van der Waals surface area contributed by atoms with E-state index >= 15 is 0 Å². The van der Waals surface area contributed by atoms with E-state index in [1.54, 1.807) is 48.5 Å². The minimum absolute atomic E-state index is 0.143. The van der Waals surface area contributed by atoms with Crippen LogP contribution in [0, 0.1) is 11.8 Å². The van der Waals surface area contributed by atoms with Crippen LogP contribution in [0.25, 0.3) is 0 Å². The zero-order valence-electron chi connectivity index (χ0n) is 27.5. The average Bonchev–Trinajstić information content (AvgIpc) is 3.41. The Morgan fingerprint density at radius 1 is 0.783 bits per heavy atom. The van der Waals surface area contributed by atoms with E-state index in [4.69, 9.17) is 4.74 Å². The van der Waals surface area contributed by atoms with Crippen LogP contribution >= 0.6 is 0 Å². The molecular formula is C29H47N5O12. The number of nitrogens with zero attached hydrogens (tertiary/aromatic N) is 1. The topological polar surface area (TPSA) is 247 Å². The van der Waals surface area contributed by atoms with Gasteiger partial charge in [0.1, 0.15) is 35.8 Å². The molecule has 0 aromatic heterocycles. The van der Waals surface area contributed by atoms with Crippen molar-refractivity contribution in [3.05, 3.63) is 0 Å². The maximum Gasteiger partial charge on any atom is 0.408 e. The van der Waals surface area contributed by atoms with Crippen molar-refractivity contribution in [2.24, 2.45) is 11.8 Å². The van der Waals surface area contributed by atoms with Crippen molar-refractivity contribution in [2.75, 3.05) is 13.7 Å². The number of alkyl carbamates (subject to hydrolysis) is 1. The molecule has 1 aliphatic heterocycles. The summed E-state index contributed by atoms with van der Waals surface area (Å²) in [5.74, 6) is -8.34. The predicted octanol–water partition coefficient (Wildman–Crippen LogP) is -0.240. The Kier molecular flexibility index (Phi) is 14.9. The summed E-state index contributed by atoms with van der Waals surface area (Å²) in [6.07, 6.45) is -2.13. The van der Waals surface area contributed by atoms with Crippen LogP contribution in [0.15, 0.2) is 0 Å². The highest BCUT2D eigenvalue weighted by Crippen LogP contribution is 2.21. The lowest BCUT2D eigenvalue weighted by Crippen LogP contribution is -2.59. The number of amides is 5. The van der Waals surface area contributed by atoms with Crippen molar-refractivity contribution in [1.29, 1.82) is 0 Å². The Morgan fingerprint density at radius 2 is 1.28 bits per heavy atom. The molecule has 1 saturated heterocycles. The summed E-state index contributed by atoms with van der Waals surface area (Å²) in [6.45, 7) is 11.7. The summed E-state index contributed by atoms with van der Waals surface area (Å²) >= 11 is 0. The van der Waals surface area contributed by atoms with Crippen LogP contribution < -0.4 is 21.3 Å². The van der Waals surface area contributed by atoms with Gasteiger partial charge in [-0.15, -0.1) is 0 Å². The fourth-order valence-corrected chi connectivity index (χ4v) is 4.62. The van der Waals surface area contributed by atoms with Crippen molar-refractivity contribution >= 4 is 47.6 Å². The second kappa shape index (κ2) is 17.3. The monoisotopic (exact) mass is 657 g/mol. The molecule has 1 rings (SSSR count). The molecule has 0 aromatic carbocycles. The Bertz CT molecular complexity index is 1170. The number of carboxylic acids is 2. The van der Waals surface area contributed by atoms with Crippen LogP contribution in [0.2, 0.25) is 0 Å². The smallest absolute Gasteiger partial charge is 0.408 e.